The molecule has 1 aromatic carbocycles. The van der Waals surface area contributed by atoms with Crippen molar-refractivity contribution >= 4 is 15.7 Å². The summed E-state index contributed by atoms with van der Waals surface area (Å²) in [5.41, 5.74) is 5.34. The Bertz CT molecular complexity index is 559. The van der Waals surface area contributed by atoms with E-state index in [2.05, 4.69) is 4.72 Å². The zero-order chi connectivity index (χ0) is 15.4. The monoisotopic (exact) mass is 304 g/mol. The minimum Gasteiger partial charge on any atom is -0.399 e. The summed E-state index contributed by atoms with van der Waals surface area (Å²) in [6.07, 6.45) is 1.24. The van der Waals surface area contributed by atoms with E-state index in [1.165, 1.54) is 6.07 Å². The van der Waals surface area contributed by atoms with Gasteiger partial charge in [0, 0.05) is 18.8 Å². The first-order valence-electron chi connectivity index (χ1n) is 6.33. The predicted molar refractivity (Wildman–Crippen MR) is 76.1 cm³/mol. The Hall–Kier alpha value is -1.18. The van der Waals surface area contributed by atoms with Crippen molar-refractivity contribution in [3.05, 3.63) is 24.0 Å². The van der Waals surface area contributed by atoms with Gasteiger partial charge in [0.05, 0.1) is 0 Å². The van der Waals surface area contributed by atoms with Gasteiger partial charge >= 0.3 is 0 Å². The van der Waals surface area contributed by atoms with Gasteiger partial charge in [-0.3, -0.25) is 0 Å². The van der Waals surface area contributed by atoms with Crippen molar-refractivity contribution < 1.29 is 17.9 Å². The fourth-order valence-corrected chi connectivity index (χ4v) is 3.09. The van der Waals surface area contributed by atoms with Gasteiger partial charge < -0.3 is 10.8 Å². The van der Waals surface area contributed by atoms with E-state index in [1.807, 2.05) is 13.8 Å². The molecule has 0 bridgehead atoms. The molecule has 0 atom stereocenters. The Morgan fingerprint density at radius 3 is 2.65 bits per heavy atom. The van der Waals surface area contributed by atoms with Gasteiger partial charge in [-0.05, 0) is 36.5 Å². The summed E-state index contributed by atoms with van der Waals surface area (Å²) < 4.78 is 40.1. The second kappa shape index (κ2) is 6.51. The predicted octanol–water partition coefficient (Wildman–Crippen LogP) is 1.48. The molecule has 0 fully saturated rings. The van der Waals surface area contributed by atoms with Gasteiger partial charge in [0.15, 0.2) is 0 Å². The van der Waals surface area contributed by atoms with E-state index >= 15 is 0 Å². The first-order valence-corrected chi connectivity index (χ1v) is 7.82. The third-order valence-corrected chi connectivity index (χ3v) is 4.41. The molecule has 0 heterocycles. The lowest BCUT2D eigenvalue weighted by Crippen LogP contribution is -2.34. The molecule has 0 aliphatic carbocycles. The van der Waals surface area contributed by atoms with Gasteiger partial charge in [0.2, 0.25) is 10.0 Å². The molecule has 0 unspecified atom stereocenters. The molecule has 0 saturated heterocycles. The standard InChI is InChI=1S/C13H21FN2O3S/c1-13(2,6-3-7-17)9-16-20(18,19)12-8-10(15)4-5-11(12)14/h4-5,8,16-17H,3,6-7,9,15H2,1-2H3. The van der Waals surface area contributed by atoms with Crippen LogP contribution in [0.3, 0.4) is 0 Å². The maximum atomic E-state index is 13.6. The van der Waals surface area contributed by atoms with Crippen LogP contribution in [0, 0.1) is 11.2 Å². The van der Waals surface area contributed by atoms with E-state index in [0.29, 0.717) is 12.8 Å². The summed E-state index contributed by atoms with van der Waals surface area (Å²) in [5.74, 6) is -0.833. The molecule has 20 heavy (non-hydrogen) atoms. The number of hydrogen-bond donors (Lipinski definition) is 3. The first-order chi connectivity index (χ1) is 9.18. The SMILES string of the molecule is CC(C)(CCCO)CNS(=O)(=O)c1cc(N)ccc1F. The number of rotatable bonds is 7. The van der Waals surface area contributed by atoms with Crippen LogP contribution >= 0.6 is 0 Å². The highest BCUT2D eigenvalue weighted by Gasteiger charge is 2.24. The molecule has 0 aliphatic heterocycles. The number of halogens is 1. The Balaban J connectivity index is 2.83. The zero-order valence-corrected chi connectivity index (χ0v) is 12.5. The van der Waals surface area contributed by atoms with Crippen LogP contribution in [0.15, 0.2) is 23.1 Å². The Morgan fingerprint density at radius 2 is 2.05 bits per heavy atom. The first kappa shape index (κ1) is 16.9. The maximum Gasteiger partial charge on any atom is 0.243 e. The number of anilines is 1. The van der Waals surface area contributed by atoms with Crippen LogP contribution < -0.4 is 10.5 Å². The molecule has 0 saturated carbocycles. The van der Waals surface area contributed by atoms with E-state index in [4.69, 9.17) is 10.8 Å². The molecule has 1 aromatic rings. The number of sulfonamides is 1. The molecule has 0 amide bonds. The fraction of sp³-hybridized carbons (Fsp3) is 0.538. The Kier molecular flexibility index (Phi) is 5.50. The van der Waals surface area contributed by atoms with Crippen LogP contribution in [0.1, 0.15) is 26.7 Å². The van der Waals surface area contributed by atoms with Crippen molar-refractivity contribution in [1.29, 1.82) is 0 Å². The highest BCUT2D eigenvalue weighted by atomic mass is 32.2. The van der Waals surface area contributed by atoms with Gasteiger partial charge in [-0.2, -0.15) is 0 Å². The summed E-state index contributed by atoms with van der Waals surface area (Å²) >= 11 is 0. The van der Waals surface area contributed by atoms with E-state index in [0.717, 1.165) is 12.1 Å². The molecular formula is C13H21FN2O3S. The van der Waals surface area contributed by atoms with E-state index < -0.39 is 20.7 Å². The lowest BCUT2D eigenvalue weighted by molar-refractivity contribution is 0.242. The van der Waals surface area contributed by atoms with Crippen molar-refractivity contribution in [2.75, 3.05) is 18.9 Å². The number of nitrogen functional groups attached to an aromatic ring is 1. The van der Waals surface area contributed by atoms with Crippen LogP contribution in [0.5, 0.6) is 0 Å². The molecule has 0 radical (unpaired) electrons. The second-order valence-electron chi connectivity index (χ2n) is 5.51. The number of hydrogen-bond acceptors (Lipinski definition) is 4. The summed E-state index contributed by atoms with van der Waals surface area (Å²) in [6.45, 7) is 3.96. The smallest absolute Gasteiger partial charge is 0.243 e. The van der Waals surface area contributed by atoms with E-state index in [1.54, 1.807) is 0 Å². The molecule has 0 aliphatic rings. The lowest BCUT2D eigenvalue weighted by Gasteiger charge is -2.24. The molecule has 5 nitrogen and oxygen atoms in total. The number of nitrogens with two attached hydrogens (primary N) is 1. The Labute approximate surface area is 119 Å². The second-order valence-corrected chi connectivity index (χ2v) is 7.24. The fourth-order valence-electron chi connectivity index (χ4n) is 1.74. The summed E-state index contributed by atoms with van der Waals surface area (Å²) in [6, 6.07) is 3.43. The van der Waals surface area contributed by atoms with Crippen LogP contribution in [-0.2, 0) is 10.0 Å². The van der Waals surface area contributed by atoms with Gasteiger partial charge in [-0.15, -0.1) is 0 Å². The third kappa shape index (κ3) is 4.73. The summed E-state index contributed by atoms with van der Waals surface area (Å²) in [5, 5.41) is 8.80. The highest BCUT2D eigenvalue weighted by Crippen LogP contribution is 2.23. The number of benzene rings is 1. The van der Waals surface area contributed by atoms with Crippen molar-refractivity contribution in [2.24, 2.45) is 5.41 Å². The van der Waals surface area contributed by atoms with Crippen LogP contribution in [0.4, 0.5) is 10.1 Å². The molecule has 0 aromatic heterocycles. The summed E-state index contributed by atoms with van der Waals surface area (Å²) in [7, 11) is -3.94. The van der Waals surface area contributed by atoms with Gasteiger partial charge in [-0.1, -0.05) is 13.8 Å². The molecule has 7 heteroatoms. The van der Waals surface area contributed by atoms with Crippen molar-refractivity contribution in [3.63, 3.8) is 0 Å². The molecule has 114 valence electrons. The van der Waals surface area contributed by atoms with Gasteiger partial charge in [0.1, 0.15) is 10.7 Å². The average Bonchev–Trinajstić information content (AvgIpc) is 2.37. The van der Waals surface area contributed by atoms with Crippen molar-refractivity contribution in [1.82, 2.24) is 4.72 Å². The molecular weight excluding hydrogens is 283 g/mol. The van der Waals surface area contributed by atoms with Crippen LogP contribution in [-0.4, -0.2) is 26.7 Å². The highest BCUT2D eigenvalue weighted by molar-refractivity contribution is 7.89. The largest absolute Gasteiger partial charge is 0.399 e. The normalized spacial score (nSPS) is 12.6. The molecule has 1 rings (SSSR count). The average molecular weight is 304 g/mol. The van der Waals surface area contributed by atoms with Gasteiger partial charge in [0.25, 0.3) is 0 Å². The topological polar surface area (TPSA) is 92.4 Å². The zero-order valence-electron chi connectivity index (χ0n) is 11.7. The maximum absolute atomic E-state index is 13.6. The Morgan fingerprint density at radius 1 is 1.40 bits per heavy atom. The quantitative estimate of drug-likeness (QED) is 0.665. The number of nitrogens with one attached hydrogen (secondary N) is 1. The summed E-state index contributed by atoms with van der Waals surface area (Å²) in [4.78, 5) is -0.449. The van der Waals surface area contributed by atoms with Crippen LogP contribution in [0.25, 0.3) is 0 Å². The van der Waals surface area contributed by atoms with Crippen molar-refractivity contribution in [2.45, 2.75) is 31.6 Å². The minimum absolute atomic E-state index is 0.0556. The lowest BCUT2D eigenvalue weighted by atomic mass is 9.88. The third-order valence-electron chi connectivity index (χ3n) is 3.00. The number of aliphatic hydroxyl groups excluding tert-OH is 1. The van der Waals surface area contributed by atoms with E-state index in [9.17, 15) is 12.8 Å². The minimum atomic E-state index is -3.94. The van der Waals surface area contributed by atoms with Crippen LogP contribution in [0.2, 0.25) is 0 Å². The molecule has 4 N–H and O–H groups in total. The van der Waals surface area contributed by atoms with Crippen molar-refractivity contribution in [3.8, 4) is 0 Å². The number of aliphatic hydroxyl groups is 1. The molecule has 0 spiro atoms. The van der Waals surface area contributed by atoms with Gasteiger partial charge in [-0.25, -0.2) is 17.5 Å². The van der Waals surface area contributed by atoms with E-state index in [-0.39, 0.29) is 24.3 Å².